The minimum absolute atomic E-state index is 1.01. The Kier molecular flexibility index (Phi) is 15.4. The highest BCUT2D eigenvalue weighted by Gasteiger charge is 2.14. The smallest absolute Gasteiger partial charge is 0.0412 e. The molecule has 0 aliphatic rings. The summed E-state index contributed by atoms with van der Waals surface area (Å²) < 4.78 is 0. The summed E-state index contributed by atoms with van der Waals surface area (Å²) in [5.41, 5.74) is 0. The van der Waals surface area contributed by atoms with Crippen LogP contribution in [0.2, 0.25) is 0 Å². The summed E-state index contributed by atoms with van der Waals surface area (Å²) in [6.07, 6.45) is 20.3. The van der Waals surface area contributed by atoms with Gasteiger partial charge in [-0.3, -0.25) is 0 Å². The van der Waals surface area contributed by atoms with Crippen LogP contribution in [-0.4, -0.2) is 0 Å². The van der Waals surface area contributed by atoms with E-state index in [1.54, 1.807) is 0 Å². The summed E-state index contributed by atoms with van der Waals surface area (Å²) in [6, 6.07) is 0. The lowest BCUT2D eigenvalue weighted by Gasteiger charge is -2.23. The first kappa shape index (κ1) is 20.0. The lowest BCUT2D eigenvalue weighted by molar-refractivity contribution is 0.295. The first-order valence-corrected chi connectivity index (χ1v) is 9.78. The minimum Gasteiger partial charge on any atom is -0.0654 e. The predicted molar refractivity (Wildman–Crippen MR) is 94.3 cm³/mol. The van der Waals surface area contributed by atoms with E-state index in [1.165, 1.54) is 89.9 Å². The molecule has 0 fully saturated rings. The fourth-order valence-corrected chi connectivity index (χ4v) is 3.39. The molecule has 0 radical (unpaired) electrons. The van der Waals surface area contributed by atoms with E-state index in [-0.39, 0.29) is 0 Å². The maximum atomic E-state index is 2.41. The van der Waals surface area contributed by atoms with Crippen LogP contribution in [0.15, 0.2) is 0 Å². The Labute approximate surface area is 130 Å². The average molecular weight is 283 g/mol. The van der Waals surface area contributed by atoms with Crippen molar-refractivity contribution in [1.29, 1.82) is 0 Å². The Bertz CT molecular complexity index is 163. The lowest BCUT2D eigenvalue weighted by atomic mass is 9.83. The Morgan fingerprint density at radius 1 is 0.500 bits per heavy atom. The van der Waals surface area contributed by atoms with Crippen LogP contribution in [0, 0.1) is 11.8 Å². The Morgan fingerprint density at radius 2 is 0.900 bits per heavy atom. The lowest BCUT2D eigenvalue weighted by Crippen LogP contribution is -2.09. The molecule has 0 nitrogen and oxygen atoms in total. The summed E-state index contributed by atoms with van der Waals surface area (Å²) in [7, 11) is 0. The maximum Gasteiger partial charge on any atom is -0.0412 e. The second kappa shape index (κ2) is 15.4. The Balaban J connectivity index is 4.05. The molecule has 1 unspecified atom stereocenters. The van der Waals surface area contributed by atoms with Crippen molar-refractivity contribution in [2.45, 2.75) is 118 Å². The van der Waals surface area contributed by atoms with Crippen molar-refractivity contribution >= 4 is 0 Å². The molecular weight excluding hydrogens is 240 g/mol. The quantitative estimate of drug-likeness (QED) is 0.269. The van der Waals surface area contributed by atoms with E-state index in [1.807, 2.05) is 0 Å². The van der Waals surface area contributed by atoms with Crippen LogP contribution in [0.25, 0.3) is 0 Å². The molecule has 20 heavy (non-hydrogen) atoms. The van der Waals surface area contributed by atoms with Crippen LogP contribution in [0.1, 0.15) is 118 Å². The fourth-order valence-electron chi connectivity index (χ4n) is 3.39. The Hall–Kier alpha value is 0. The normalized spacial score (nSPS) is 13.1. The van der Waals surface area contributed by atoms with Crippen molar-refractivity contribution in [1.82, 2.24) is 0 Å². The van der Waals surface area contributed by atoms with Crippen LogP contribution in [0.3, 0.4) is 0 Å². The molecule has 0 aliphatic carbocycles. The first-order valence-electron chi connectivity index (χ1n) is 9.78. The van der Waals surface area contributed by atoms with E-state index < -0.39 is 0 Å². The second-order valence-electron chi connectivity index (χ2n) is 6.86. The largest absolute Gasteiger partial charge is 0.0654 e. The molecular formula is C20H42. The maximum absolute atomic E-state index is 2.41. The standard InChI is InChI=1S/C20H42/c1-5-9-12-15-19(8-4)18-20(16-13-10-6-2)17-14-11-7-3/h19-20H,5-18H2,1-4H3. The van der Waals surface area contributed by atoms with E-state index in [0.717, 1.165) is 11.8 Å². The van der Waals surface area contributed by atoms with Gasteiger partial charge in [-0.1, -0.05) is 111 Å². The third kappa shape index (κ3) is 11.8. The molecule has 0 bridgehead atoms. The molecule has 0 spiro atoms. The van der Waals surface area contributed by atoms with Gasteiger partial charge in [0.1, 0.15) is 0 Å². The molecule has 0 saturated carbocycles. The zero-order valence-electron chi connectivity index (χ0n) is 15.1. The molecule has 0 saturated heterocycles. The molecule has 122 valence electrons. The molecule has 1 atom stereocenters. The number of hydrogen-bond acceptors (Lipinski definition) is 0. The number of unbranched alkanes of at least 4 members (excludes halogenated alkanes) is 6. The molecule has 0 aromatic heterocycles. The SMILES string of the molecule is CCCCCC(CC)CC(CCCCC)CCCCC. The van der Waals surface area contributed by atoms with E-state index >= 15 is 0 Å². The van der Waals surface area contributed by atoms with Gasteiger partial charge in [0, 0.05) is 0 Å². The van der Waals surface area contributed by atoms with Crippen molar-refractivity contribution in [2.75, 3.05) is 0 Å². The van der Waals surface area contributed by atoms with Crippen molar-refractivity contribution < 1.29 is 0 Å². The average Bonchev–Trinajstić information content (AvgIpc) is 2.46. The number of rotatable bonds is 15. The summed E-state index contributed by atoms with van der Waals surface area (Å²) in [5, 5.41) is 0. The monoisotopic (exact) mass is 282 g/mol. The molecule has 0 N–H and O–H groups in total. The molecule has 0 aromatic carbocycles. The summed E-state index contributed by atoms with van der Waals surface area (Å²) in [6.45, 7) is 9.38. The second-order valence-corrected chi connectivity index (χ2v) is 6.86. The van der Waals surface area contributed by atoms with E-state index in [9.17, 15) is 0 Å². The van der Waals surface area contributed by atoms with Crippen LogP contribution >= 0.6 is 0 Å². The van der Waals surface area contributed by atoms with E-state index in [0.29, 0.717) is 0 Å². The molecule has 0 aliphatic heterocycles. The molecule has 0 aromatic rings. The Morgan fingerprint density at radius 3 is 1.25 bits per heavy atom. The third-order valence-electron chi connectivity index (χ3n) is 4.89. The van der Waals surface area contributed by atoms with Gasteiger partial charge >= 0.3 is 0 Å². The predicted octanol–water partition coefficient (Wildman–Crippen LogP) is 7.76. The molecule has 0 amide bonds. The first-order chi connectivity index (χ1) is 9.78. The van der Waals surface area contributed by atoms with Gasteiger partial charge in [-0.15, -0.1) is 0 Å². The van der Waals surface area contributed by atoms with Gasteiger partial charge in [0.05, 0.1) is 0 Å². The van der Waals surface area contributed by atoms with Gasteiger partial charge in [-0.05, 0) is 18.3 Å². The third-order valence-corrected chi connectivity index (χ3v) is 4.89. The van der Waals surface area contributed by atoms with Crippen LogP contribution in [0.4, 0.5) is 0 Å². The summed E-state index contributed by atoms with van der Waals surface area (Å²) >= 11 is 0. The van der Waals surface area contributed by atoms with Crippen molar-refractivity contribution in [2.24, 2.45) is 11.8 Å². The zero-order chi connectivity index (χ0) is 15.1. The van der Waals surface area contributed by atoms with Crippen LogP contribution in [0.5, 0.6) is 0 Å². The minimum atomic E-state index is 1.01. The highest BCUT2D eigenvalue weighted by atomic mass is 14.2. The van der Waals surface area contributed by atoms with Crippen molar-refractivity contribution in [3.8, 4) is 0 Å². The highest BCUT2D eigenvalue weighted by Crippen LogP contribution is 2.29. The molecule has 0 heterocycles. The summed E-state index contributed by atoms with van der Waals surface area (Å²) in [4.78, 5) is 0. The van der Waals surface area contributed by atoms with Gasteiger partial charge in [0.15, 0.2) is 0 Å². The molecule has 0 rings (SSSR count). The highest BCUT2D eigenvalue weighted by molar-refractivity contribution is 4.67. The van der Waals surface area contributed by atoms with Crippen LogP contribution < -0.4 is 0 Å². The van der Waals surface area contributed by atoms with E-state index in [2.05, 4.69) is 27.7 Å². The molecule has 0 heteroatoms. The zero-order valence-corrected chi connectivity index (χ0v) is 15.1. The van der Waals surface area contributed by atoms with Crippen molar-refractivity contribution in [3.05, 3.63) is 0 Å². The van der Waals surface area contributed by atoms with Gasteiger partial charge < -0.3 is 0 Å². The van der Waals surface area contributed by atoms with Gasteiger partial charge in [-0.25, -0.2) is 0 Å². The van der Waals surface area contributed by atoms with Gasteiger partial charge in [0.25, 0.3) is 0 Å². The topological polar surface area (TPSA) is 0 Å². The van der Waals surface area contributed by atoms with Gasteiger partial charge in [0.2, 0.25) is 0 Å². The van der Waals surface area contributed by atoms with Gasteiger partial charge in [-0.2, -0.15) is 0 Å². The van der Waals surface area contributed by atoms with E-state index in [4.69, 9.17) is 0 Å². The van der Waals surface area contributed by atoms with Crippen LogP contribution in [-0.2, 0) is 0 Å². The van der Waals surface area contributed by atoms with Crippen molar-refractivity contribution in [3.63, 3.8) is 0 Å². The fraction of sp³-hybridized carbons (Fsp3) is 1.00. The summed E-state index contributed by atoms with van der Waals surface area (Å²) in [5.74, 6) is 2.04. The number of hydrogen-bond donors (Lipinski definition) is 0.